The van der Waals surface area contributed by atoms with Crippen LogP contribution >= 0.6 is 0 Å². The standard InChI is InChI=1S/C11H12N2O4/c1-6(16-2)10-12-11(17-13-10)9-7(14)4-3-5-8(9)15/h3-6,14-15H,1-2H3. The minimum Gasteiger partial charge on any atom is -0.507 e. The van der Waals surface area contributed by atoms with Gasteiger partial charge in [-0.1, -0.05) is 11.2 Å². The van der Waals surface area contributed by atoms with Gasteiger partial charge in [-0.3, -0.25) is 0 Å². The highest BCUT2D eigenvalue weighted by Crippen LogP contribution is 2.36. The molecule has 6 nitrogen and oxygen atoms in total. The first-order valence-electron chi connectivity index (χ1n) is 5.01. The predicted octanol–water partition coefficient (Wildman–Crippen LogP) is 1.86. The van der Waals surface area contributed by atoms with Crippen molar-refractivity contribution in [3.63, 3.8) is 0 Å². The Morgan fingerprint density at radius 3 is 2.53 bits per heavy atom. The maximum atomic E-state index is 9.63. The van der Waals surface area contributed by atoms with Crippen LogP contribution in [0.5, 0.6) is 11.5 Å². The number of hydrogen-bond donors (Lipinski definition) is 2. The highest BCUT2D eigenvalue weighted by atomic mass is 16.5. The monoisotopic (exact) mass is 236 g/mol. The minimum absolute atomic E-state index is 0.0551. The molecule has 1 heterocycles. The van der Waals surface area contributed by atoms with Crippen LogP contribution in [0.25, 0.3) is 11.5 Å². The van der Waals surface area contributed by atoms with E-state index < -0.39 is 0 Å². The van der Waals surface area contributed by atoms with E-state index in [0.717, 1.165) is 0 Å². The SMILES string of the molecule is COC(C)c1noc(-c2c(O)cccc2O)n1. The van der Waals surface area contributed by atoms with Gasteiger partial charge in [-0.2, -0.15) is 4.98 Å². The van der Waals surface area contributed by atoms with Crippen molar-refractivity contribution in [1.29, 1.82) is 0 Å². The van der Waals surface area contributed by atoms with Crippen molar-refractivity contribution in [3.8, 4) is 23.0 Å². The molecule has 2 N–H and O–H groups in total. The molecule has 6 heteroatoms. The molecular weight excluding hydrogens is 224 g/mol. The number of hydrogen-bond acceptors (Lipinski definition) is 6. The summed E-state index contributed by atoms with van der Waals surface area (Å²) in [7, 11) is 1.53. The van der Waals surface area contributed by atoms with Crippen LogP contribution in [0, 0.1) is 0 Å². The molecule has 2 aromatic rings. The number of phenolic OH excluding ortho intramolecular Hbond substituents is 2. The van der Waals surface area contributed by atoms with Gasteiger partial charge < -0.3 is 19.5 Å². The maximum Gasteiger partial charge on any atom is 0.265 e. The van der Waals surface area contributed by atoms with Gasteiger partial charge in [-0.25, -0.2) is 0 Å². The van der Waals surface area contributed by atoms with Crippen molar-refractivity contribution in [2.75, 3.05) is 7.11 Å². The molecule has 0 radical (unpaired) electrons. The molecule has 1 atom stereocenters. The second kappa shape index (κ2) is 4.42. The normalized spacial score (nSPS) is 12.6. The van der Waals surface area contributed by atoms with Crippen LogP contribution in [0.15, 0.2) is 22.7 Å². The zero-order chi connectivity index (χ0) is 12.4. The number of methoxy groups -OCH3 is 1. The Morgan fingerprint density at radius 1 is 1.29 bits per heavy atom. The lowest BCUT2D eigenvalue weighted by Gasteiger charge is -2.02. The first kappa shape index (κ1) is 11.4. The summed E-state index contributed by atoms with van der Waals surface area (Å²) in [5.41, 5.74) is 0.120. The topological polar surface area (TPSA) is 88.6 Å². The van der Waals surface area contributed by atoms with Crippen molar-refractivity contribution in [1.82, 2.24) is 10.1 Å². The average molecular weight is 236 g/mol. The zero-order valence-electron chi connectivity index (χ0n) is 9.41. The third-order valence-electron chi connectivity index (χ3n) is 2.39. The zero-order valence-corrected chi connectivity index (χ0v) is 9.41. The molecule has 90 valence electrons. The third kappa shape index (κ3) is 2.07. The summed E-state index contributed by atoms with van der Waals surface area (Å²) >= 11 is 0. The molecule has 0 aliphatic carbocycles. The Bertz CT molecular complexity index is 504. The predicted molar refractivity (Wildman–Crippen MR) is 58.5 cm³/mol. The fourth-order valence-electron chi connectivity index (χ4n) is 1.35. The maximum absolute atomic E-state index is 9.63. The van der Waals surface area contributed by atoms with Crippen LogP contribution in [-0.2, 0) is 4.74 Å². The molecule has 1 unspecified atom stereocenters. The second-order valence-electron chi connectivity index (χ2n) is 3.51. The first-order chi connectivity index (χ1) is 8.13. The summed E-state index contributed by atoms with van der Waals surface area (Å²) in [6, 6.07) is 4.38. The summed E-state index contributed by atoms with van der Waals surface area (Å²) in [6.45, 7) is 1.76. The number of aromatic hydroxyl groups is 2. The van der Waals surface area contributed by atoms with E-state index in [0.29, 0.717) is 5.82 Å². The number of ether oxygens (including phenoxy) is 1. The van der Waals surface area contributed by atoms with Gasteiger partial charge in [0.25, 0.3) is 5.89 Å². The van der Waals surface area contributed by atoms with Crippen molar-refractivity contribution < 1.29 is 19.5 Å². The van der Waals surface area contributed by atoms with Gasteiger partial charge in [-0.05, 0) is 19.1 Å². The van der Waals surface area contributed by atoms with Crippen LogP contribution in [0.1, 0.15) is 18.9 Å². The van der Waals surface area contributed by atoms with Gasteiger partial charge >= 0.3 is 0 Å². The van der Waals surface area contributed by atoms with Gasteiger partial charge in [0, 0.05) is 7.11 Å². The lowest BCUT2D eigenvalue weighted by molar-refractivity contribution is 0.109. The van der Waals surface area contributed by atoms with Gasteiger partial charge in [-0.15, -0.1) is 0 Å². The highest BCUT2D eigenvalue weighted by molar-refractivity contribution is 5.69. The van der Waals surface area contributed by atoms with E-state index in [2.05, 4.69) is 10.1 Å². The van der Waals surface area contributed by atoms with Crippen LogP contribution in [0.4, 0.5) is 0 Å². The average Bonchev–Trinajstić information content (AvgIpc) is 2.77. The third-order valence-corrected chi connectivity index (χ3v) is 2.39. The van der Waals surface area contributed by atoms with Gasteiger partial charge in [0.05, 0.1) is 0 Å². The van der Waals surface area contributed by atoms with Crippen LogP contribution in [-0.4, -0.2) is 27.5 Å². The van der Waals surface area contributed by atoms with E-state index in [9.17, 15) is 10.2 Å². The Labute approximate surface area is 97.5 Å². The molecule has 2 rings (SSSR count). The second-order valence-corrected chi connectivity index (χ2v) is 3.51. The van der Waals surface area contributed by atoms with Crippen molar-refractivity contribution in [2.24, 2.45) is 0 Å². The molecule has 0 bridgehead atoms. The fourth-order valence-corrected chi connectivity index (χ4v) is 1.35. The molecule has 0 spiro atoms. The quantitative estimate of drug-likeness (QED) is 0.845. The number of rotatable bonds is 3. The highest BCUT2D eigenvalue weighted by Gasteiger charge is 2.19. The van der Waals surface area contributed by atoms with E-state index in [1.54, 1.807) is 6.92 Å². The lowest BCUT2D eigenvalue weighted by atomic mass is 10.2. The molecule has 0 fully saturated rings. The summed E-state index contributed by atoms with van der Waals surface area (Å²) < 4.78 is 10.0. The van der Waals surface area contributed by atoms with E-state index in [-0.39, 0.29) is 29.1 Å². The lowest BCUT2D eigenvalue weighted by Crippen LogP contribution is -1.97. The summed E-state index contributed by atoms with van der Waals surface area (Å²) in [5.74, 6) is 0.167. The Hall–Kier alpha value is -2.08. The molecule has 1 aromatic carbocycles. The van der Waals surface area contributed by atoms with Crippen molar-refractivity contribution in [2.45, 2.75) is 13.0 Å². The van der Waals surface area contributed by atoms with Gasteiger partial charge in [0.15, 0.2) is 0 Å². The molecule has 0 aliphatic heterocycles. The Kier molecular flexibility index (Phi) is 2.97. The molecule has 17 heavy (non-hydrogen) atoms. The van der Waals surface area contributed by atoms with E-state index >= 15 is 0 Å². The van der Waals surface area contributed by atoms with Crippen molar-refractivity contribution >= 4 is 0 Å². The molecule has 0 amide bonds. The largest absolute Gasteiger partial charge is 0.507 e. The molecule has 0 saturated heterocycles. The minimum atomic E-state index is -0.319. The molecular formula is C11H12N2O4. The van der Waals surface area contributed by atoms with E-state index in [4.69, 9.17) is 9.26 Å². The molecule has 0 saturated carbocycles. The Morgan fingerprint density at radius 2 is 1.94 bits per heavy atom. The molecule has 0 aliphatic rings. The number of nitrogens with zero attached hydrogens (tertiary/aromatic N) is 2. The van der Waals surface area contributed by atoms with Crippen molar-refractivity contribution in [3.05, 3.63) is 24.0 Å². The summed E-state index contributed by atoms with van der Waals surface area (Å²) in [6.07, 6.45) is -0.319. The van der Waals surface area contributed by atoms with E-state index in [1.807, 2.05) is 0 Å². The molecule has 1 aromatic heterocycles. The fraction of sp³-hybridized carbons (Fsp3) is 0.273. The number of benzene rings is 1. The number of aromatic nitrogens is 2. The first-order valence-corrected chi connectivity index (χ1v) is 5.01. The van der Waals surface area contributed by atoms with Gasteiger partial charge in [0.1, 0.15) is 23.2 Å². The Balaban J connectivity index is 2.44. The van der Waals surface area contributed by atoms with Crippen LogP contribution in [0.2, 0.25) is 0 Å². The van der Waals surface area contributed by atoms with Crippen LogP contribution < -0.4 is 0 Å². The smallest absolute Gasteiger partial charge is 0.265 e. The summed E-state index contributed by atoms with van der Waals surface area (Å²) in [4.78, 5) is 4.05. The van der Waals surface area contributed by atoms with E-state index in [1.165, 1.54) is 25.3 Å². The van der Waals surface area contributed by atoms with Gasteiger partial charge in [0.2, 0.25) is 5.82 Å². The summed E-state index contributed by atoms with van der Waals surface area (Å²) in [5, 5.41) is 23.0. The number of phenols is 2. The van der Waals surface area contributed by atoms with Crippen LogP contribution in [0.3, 0.4) is 0 Å².